The Morgan fingerprint density at radius 2 is 1.71 bits per heavy atom. The van der Waals surface area contributed by atoms with Gasteiger partial charge in [-0.1, -0.05) is 36.4 Å². The zero-order valence-corrected chi connectivity index (χ0v) is 22.1. The van der Waals surface area contributed by atoms with Gasteiger partial charge in [-0.2, -0.15) is 0 Å². The highest BCUT2D eigenvalue weighted by atomic mass is 16.5. The number of nitrogens with one attached hydrogen (secondary N) is 1. The lowest BCUT2D eigenvalue weighted by atomic mass is 10.0. The molecule has 2 amide bonds. The third-order valence-electron chi connectivity index (χ3n) is 5.66. The van der Waals surface area contributed by atoms with Crippen molar-refractivity contribution in [3.8, 4) is 11.5 Å². The van der Waals surface area contributed by atoms with Crippen LogP contribution in [-0.2, 0) is 13.0 Å². The molecule has 1 atom stereocenters. The van der Waals surface area contributed by atoms with Gasteiger partial charge in [-0.3, -0.25) is 9.59 Å². The summed E-state index contributed by atoms with van der Waals surface area (Å²) >= 11 is 0. The Bertz CT molecular complexity index is 1300. The van der Waals surface area contributed by atoms with Crippen molar-refractivity contribution in [2.45, 2.75) is 39.0 Å². The number of carbonyl (C=O) groups excluding carboxylic acids is 2. The number of hydrogen-bond acceptors (Lipinski definition) is 5. The Kier molecular flexibility index (Phi) is 9.85. The molecule has 0 aliphatic rings. The SMILES string of the molecule is [C-]#[N+]c1cc(C(=O)N[C@H](CO)Cc2ccc(OCc3ccccc3)c(C(=O)N(C)C)c2)ccc1OC(C)C. The fourth-order valence-corrected chi connectivity index (χ4v) is 3.79. The van der Waals surface area contributed by atoms with Gasteiger partial charge in [0.15, 0.2) is 0 Å². The first-order valence-corrected chi connectivity index (χ1v) is 12.3. The zero-order chi connectivity index (χ0) is 27.7. The van der Waals surface area contributed by atoms with Crippen molar-refractivity contribution >= 4 is 17.5 Å². The Hall–Kier alpha value is -4.35. The average Bonchev–Trinajstić information content (AvgIpc) is 2.91. The van der Waals surface area contributed by atoms with E-state index in [1.54, 1.807) is 38.4 Å². The van der Waals surface area contributed by atoms with Crippen LogP contribution in [0.4, 0.5) is 5.69 Å². The van der Waals surface area contributed by atoms with Gasteiger partial charge in [-0.05, 0) is 61.7 Å². The number of aliphatic hydroxyl groups excluding tert-OH is 1. The van der Waals surface area contributed by atoms with E-state index in [9.17, 15) is 14.7 Å². The third-order valence-corrected chi connectivity index (χ3v) is 5.66. The van der Waals surface area contributed by atoms with Crippen molar-refractivity contribution in [3.63, 3.8) is 0 Å². The van der Waals surface area contributed by atoms with Crippen molar-refractivity contribution in [3.05, 3.63) is 100 Å². The van der Waals surface area contributed by atoms with Crippen LogP contribution < -0.4 is 14.8 Å². The standard InChI is InChI=1S/C30H33N3O5/c1-20(2)38-28-14-12-23(17-26(28)31-3)29(35)32-24(18-34)15-22-11-13-27(25(16-22)30(36)33(4)5)37-19-21-9-7-6-8-10-21/h6-14,16-17,20,24,34H,15,18-19H2,1-2,4-5H3,(H,32,35)/t24-/m0/s1. The highest BCUT2D eigenvalue weighted by molar-refractivity contribution is 5.97. The number of ether oxygens (including phenoxy) is 2. The normalized spacial score (nSPS) is 11.4. The largest absolute Gasteiger partial charge is 0.502 e. The van der Waals surface area contributed by atoms with Gasteiger partial charge in [-0.15, -0.1) is 0 Å². The molecule has 0 aliphatic carbocycles. The molecule has 8 heteroatoms. The minimum atomic E-state index is -0.608. The summed E-state index contributed by atoms with van der Waals surface area (Å²) in [4.78, 5) is 30.7. The molecule has 2 N–H and O–H groups in total. The molecule has 8 nitrogen and oxygen atoms in total. The number of rotatable bonds is 11. The topological polar surface area (TPSA) is 92.5 Å². The number of aliphatic hydroxyl groups is 1. The van der Waals surface area contributed by atoms with Crippen LogP contribution in [0.25, 0.3) is 4.85 Å². The predicted octanol–water partition coefficient (Wildman–Crippen LogP) is 4.64. The van der Waals surface area contributed by atoms with Gasteiger partial charge in [0.2, 0.25) is 11.6 Å². The Labute approximate surface area is 223 Å². The lowest BCUT2D eigenvalue weighted by Crippen LogP contribution is -2.39. The van der Waals surface area contributed by atoms with Crippen LogP contribution in [-0.4, -0.2) is 54.7 Å². The minimum Gasteiger partial charge on any atom is -0.502 e. The lowest BCUT2D eigenvalue weighted by molar-refractivity contribution is 0.0821. The summed E-state index contributed by atoms with van der Waals surface area (Å²) in [6, 6.07) is 19.0. The second kappa shape index (κ2) is 13.3. The van der Waals surface area contributed by atoms with E-state index in [-0.39, 0.29) is 24.3 Å². The van der Waals surface area contributed by atoms with Crippen molar-refractivity contribution in [1.29, 1.82) is 0 Å². The first-order valence-electron chi connectivity index (χ1n) is 12.3. The van der Waals surface area contributed by atoms with Crippen molar-refractivity contribution in [1.82, 2.24) is 10.2 Å². The van der Waals surface area contributed by atoms with Crippen LogP contribution in [0.2, 0.25) is 0 Å². The van der Waals surface area contributed by atoms with E-state index in [4.69, 9.17) is 16.0 Å². The molecule has 0 saturated heterocycles. The van der Waals surface area contributed by atoms with Gasteiger partial charge in [0.05, 0.1) is 30.9 Å². The minimum absolute atomic E-state index is 0.103. The molecular formula is C30H33N3O5. The highest BCUT2D eigenvalue weighted by Gasteiger charge is 2.19. The first-order chi connectivity index (χ1) is 18.2. The summed E-state index contributed by atoms with van der Waals surface area (Å²) in [5.41, 5.74) is 2.66. The molecule has 0 aromatic heterocycles. The van der Waals surface area contributed by atoms with E-state index in [2.05, 4.69) is 10.2 Å². The van der Waals surface area contributed by atoms with Crippen molar-refractivity contribution in [2.75, 3.05) is 20.7 Å². The molecule has 0 bridgehead atoms. The van der Waals surface area contributed by atoms with Crippen LogP contribution in [0.15, 0.2) is 66.7 Å². The number of benzene rings is 3. The maximum Gasteiger partial charge on any atom is 0.257 e. The Morgan fingerprint density at radius 3 is 2.34 bits per heavy atom. The fraction of sp³-hybridized carbons (Fsp3) is 0.300. The van der Waals surface area contributed by atoms with Crippen LogP contribution >= 0.6 is 0 Å². The smallest absolute Gasteiger partial charge is 0.257 e. The Morgan fingerprint density at radius 1 is 1.00 bits per heavy atom. The van der Waals surface area contributed by atoms with Gasteiger partial charge in [0.1, 0.15) is 18.1 Å². The van der Waals surface area contributed by atoms with Crippen LogP contribution in [0.3, 0.4) is 0 Å². The summed E-state index contributed by atoms with van der Waals surface area (Å²) in [6.45, 7) is 11.1. The molecule has 3 aromatic carbocycles. The quantitative estimate of drug-likeness (QED) is 0.363. The molecule has 3 rings (SSSR count). The summed E-state index contributed by atoms with van der Waals surface area (Å²) in [5.74, 6) is 0.238. The number of amides is 2. The first kappa shape index (κ1) is 28.2. The number of hydrogen-bond donors (Lipinski definition) is 2. The molecule has 0 heterocycles. The maximum absolute atomic E-state index is 12.9. The summed E-state index contributed by atoms with van der Waals surface area (Å²) in [7, 11) is 3.34. The molecule has 0 aliphatic heterocycles. The van der Waals surface area contributed by atoms with E-state index in [0.29, 0.717) is 35.7 Å². The number of carbonyl (C=O) groups is 2. The second-order valence-corrected chi connectivity index (χ2v) is 9.32. The van der Waals surface area contributed by atoms with E-state index in [1.807, 2.05) is 50.2 Å². The maximum atomic E-state index is 12.9. The van der Waals surface area contributed by atoms with Crippen molar-refractivity contribution < 1.29 is 24.2 Å². The zero-order valence-electron chi connectivity index (χ0n) is 22.1. The van der Waals surface area contributed by atoms with Crippen molar-refractivity contribution in [2.24, 2.45) is 0 Å². The molecule has 198 valence electrons. The van der Waals surface area contributed by atoms with Gasteiger partial charge in [0, 0.05) is 19.7 Å². The average molecular weight is 516 g/mol. The van der Waals surface area contributed by atoms with Gasteiger partial charge in [0.25, 0.3) is 5.91 Å². The fourth-order valence-electron chi connectivity index (χ4n) is 3.79. The van der Waals surface area contributed by atoms with Gasteiger partial charge >= 0.3 is 0 Å². The highest BCUT2D eigenvalue weighted by Crippen LogP contribution is 2.30. The number of nitrogens with zero attached hydrogens (tertiary/aromatic N) is 2. The Balaban J connectivity index is 1.76. The van der Waals surface area contributed by atoms with E-state index in [1.165, 1.54) is 11.0 Å². The van der Waals surface area contributed by atoms with E-state index in [0.717, 1.165) is 11.1 Å². The molecule has 0 unspecified atom stereocenters. The summed E-state index contributed by atoms with van der Waals surface area (Å²) in [6.07, 6.45) is 0.187. The lowest BCUT2D eigenvalue weighted by Gasteiger charge is -2.19. The van der Waals surface area contributed by atoms with Crippen LogP contribution in [0, 0.1) is 6.57 Å². The molecule has 38 heavy (non-hydrogen) atoms. The van der Waals surface area contributed by atoms with E-state index < -0.39 is 11.9 Å². The van der Waals surface area contributed by atoms with Crippen LogP contribution in [0.5, 0.6) is 11.5 Å². The van der Waals surface area contributed by atoms with Gasteiger partial charge < -0.3 is 24.8 Å². The van der Waals surface area contributed by atoms with E-state index >= 15 is 0 Å². The predicted molar refractivity (Wildman–Crippen MR) is 146 cm³/mol. The molecule has 0 fully saturated rings. The monoisotopic (exact) mass is 515 g/mol. The molecule has 3 aromatic rings. The molecular weight excluding hydrogens is 482 g/mol. The molecule has 0 spiro atoms. The van der Waals surface area contributed by atoms with Gasteiger partial charge in [-0.25, -0.2) is 4.85 Å². The molecule has 0 saturated carbocycles. The summed E-state index contributed by atoms with van der Waals surface area (Å²) in [5, 5.41) is 12.8. The third kappa shape index (κ3) is 7.58. The second-order valence-electron chi connectivity index (χ2n) is 9.32. The van der Waals surface area contributed by atoms with Crippen LogP contribution in [0.1, 0.15) is 45.7 Å². The summed E-state index contributed by atoms with van der Waals surface area (Å²) < 4.78 is 11.6. The molecule has 0 radical (unpaired) electrons.